The van der Waals surface area contributed by atoms with Gasteiger partial charge in [0, 0.05) is 5.56 Å². The maximum Gasteiger partial charge on any atom is 0.165 e. The molecule has 0 aromatic heterocycles. The van der Waals surface area contributed by atoms with Gasteiger partial charge in [0.15, 0.2) is 11.6 Å². The highest BCUT2D eigenvalue weighted by Gasteiger charge is 2.35. The van der Waals surface area contributed by atoms with Gasteiger partial charge < -0.3 is 4.74 Å². The largest absolute Gasteiger partial charge is 0.494 e. The molecule has 0 heterocycles. The zero-order chi connectivity index (χ0) is 21.8. The second-order valence-corrected chi connectivity index (χ2v) is 9.79. The average Bonchev–Trinajstić information content (AvgIpc) is 2.79. The van der Waals surface area contributed by atoms with Crippen LogP contribution >= 0.6 is 0 Å². The van der Waals surface area contributed by atoms with E-state index in [2.05, 4.69) is 13.0 Å². The fourth-order valence-electron chi connectivity index (χ4n) is 6.09. The van der Waals surface area contributed by atoms with E-state index in [1.165, 1.54) is 77.4 Å². The van der Waals surface area contributed by atoms with Crippen molar-refractivity contribution in [2.75, 3.05) is 7.11 Å². The summed E-state index contributed by atoms with van der Waals surface area (Å²) in [5.74, 6) is 2.52. The van der Waals surface area contributed by atoms with Gasteiger partial charge in [0.1, 0.15) is 5.82 Å². The lowest BCUT2D eigenvalue weighted by Gasteiger charge is -2.42. The number of unbranched alkanes of at least 4 members (excludes halogenated alkanes) is 2. The normalized spacial score (nSPS) is 25.8. The Kier molecular flexibility index (Phi) is 7.30. The molecule has 0 saturated heterocycles. The Morgan fingerprint density at radius 2 is 1.68 bits per heavy atom. The van der Waals surface area contributed by atoms with Crippen LogP contribution in [-0.2, 0) is 0 Å². The van der Waals surface area contributed by atoms with Crippen LogP contribution in [0.15, 0.2) is 36.4 Å². The Balaban J connectivity index is 1.40. The molecule has 31 heavy (non-hydrogen) atoms. The van der Waals surface area contributed by atoms with E-state index >= 15 is 0 Å². The summed E-state index contributed by atoms with van der Waals surface area (Å²) in [7, 11) is 1.43. The lowest BCUT2D eigenvalue weighted by atomic mass is 9.63. The summed E-state index contributed by atoms with van der Waals surface area (Å²) in [5.41, 5.74) is 2.11. The first kappa shape index (κ1) is 22.3. The zero-order valence-corrected chi connectivity index (χ0v) is 19.0. The van der Waals surface area contributed by atoms with E-state index in [-0.39, 0.29) is 11.6 Å². The van der Waals surface area contributed by atoms with Gasteiger partial charge in [-0.3, -0.25) is 0 Å². The van der Waals surface area contributed by atoms with Gasteiger partial charge in [0.25, 0.3) is 0 Å². The molecule has 0 bridgehead atoms. The SMILES string of the molecule is CCCCCC1CC[C@@H]2C[C@H](c3ccc(-c4ccc(OC)c(F)c4)c(F)c3)CC[C@@H]2C1. The first-order chi connectivity index (χ1) is 15.1. The zero-order valence-electron chi connectivity index (χ0n) is 19.0. The molecule has 4 atom stereocenters. The van der Waals surface area contributed by atoms with Gasteiger partial charge in [-0.2, -0.15) is 0 Å². The third-order valence-corrected chi connectivity index (χ3v) is 7.86. The molecule has 2 fully saturated rings. The van der Waals surface area contributed by atoms with E-state index in [1.807, 2.05) is 6.07 Å². The highest BCUT2D eigenvalue weighted by Crippen LogP contribution is 2.48. The van der Waals surface area contributed by atoms with Gasteiger partial charge in [-0.15, -0.1) is 0 Å². The van der Waals surface area contributed by atoms with Crippen LogP contribution in [0, 0.1) is 29.4 Å². The van der Waals surface area contributed by atoms with E-state index < -0.39 is 5.82 Å². The molecular weight excluding hydrogens is 390 g/mol. The van der Waals surface area contributed by atoms with E-state index in [4.69, 9.17) is 4.74 Å². The molecule has 0 radical (unpaired) electrons. The van der Waals surface area contributed by atoms with Crippen molar-refractivity contribution in [3.63, 3.8) is 0 Å². The van der Waals surface area contributed by atoms with Crippen molar-refractivity contribution in [3.8, 4) is 16.9 Å². The predicted molar refractivity (Wildman–Crippen MR) is 123 cm³/mol. The van der Waals surface area contributed by atoms with Crippen LogP contribution < -0.4 is 4.74 Å². The minimum atomic E-state index is -0.466. The Hall–Kier alpha value is -1.90. The molecule has 2 aromatic carbocycles. The van der Waals surface area contributed by atoms with Crippen LogP contribution in [0.1, 0.15) is 82.6 Å². The monoisotopic (exact) mass is 426 g/mol. The fourth-order valence-corrected chi connectivity index (χ4v) is 6.09. The first-order valence-corrected chi connectivity index (χ1v) is 12.2. The van der Waals surface area contributed by atoms with E-state index in [0.29, 0.717) is 17.0 Å². The van der Waals surface area contributed by atoms with E-state index in [9.17, 15) is 8.78 Å². The number of methoxy groups -OCH3 is 1. The minimum absolute atomic E-state index is 0.178. The maximum atomic E-state index is 15.0. The number of ether oxygens (including phenoxy) is 1. The second-order valence-electron chi connectivity index (χ2n) is 9.79. The van der Waals surface area contributed by atoms with Crippen LogP contribution in [-0.4, -0.2) is 7.11 Å². The van der Waals surface area contributed by atoms with Crippen molar-refractivity contribution < 1.29 is 13.5 Å². The third-order valence-electron chi connectivity index (χ3n) is 7.86. The molecule has 2 aromatic rings. The molecular formula is C28H36F2O. The van der Waals surface area contributed by atoms with Gasteiger partial charge in [0.2, 0.25) is 0 Å². The van der Waals surface area contributed by atoms with E-state index in [0.717, 1.165) is 23.3 Å². The molecule has 0 N–H and O–H groups in total. The predicted octanol–water partition coefficient (Wildman–Crippen LogP) is 8.52. The standard InChI is InChI=1S/C28H36F2O/c1-3-4-5-6-19-7-8-21-16-22(10-9-20(21)15-19)23-11-13-25(26(29)17-23)24-12-14-28(31-2)27(30)18-24/h11-14,17-22H,3-10,15-16H2,1-2H3/t19?,20-,21-,22-/m1/s1. The smallest absolute Gasteiger partial charge is 0.165 e. The molecule has 1 nitrogen and oxygen atoms in total. The van der Waals surface area contributed by atoms with Gasteiger partial charge in [-0.05, 0) is 85.1 Å². The number of rotatable bonds is 7. The highest BCUT2D eigenvalue weighted by atomic mass is 19.1. The van der Waals surface area contributed by atoms with Crippen LogP contribution in [0.25, 0.3) is 11.1 Å². The van der Waals surface area contributed by atoms with E-state index in [1.54, 1.807) is 18.2 Å². The minimum Gasteiger partial charge on any atom is -0.494 e. The van der Waals surface area contributed by atoms with Crippen LogP contribution in [0.3, 0.4) is 0 Å². The Labute approximate surface area is 186 Å². The topological polar surface area (TPSA) is 9.23 Å². The Bertz CT molecular complexity index is 877. The lowest BCUT2D eigenvalue weighted by molar-refractivity contribution is 0.113. The number of halogens is 2. The summed E-state index contributed by atoms with van der Waals surface area (Å²) in [4.78, 5) is 0. The molecule has 2 saturated carbocycles. The molecule has 168 valence electrons. The molecule has 0 spiro atoms. The fraction of sp³-hybridized carbons (Fsp3) is 0.571. The molecule has 1 unspecified atom stereocenters. The second kappa shape index (κ2) is 10.1. The van der Waals surface area contributed by atoms with Crippen molar-refractivity contribution in [2.45, 2.75) is 77.0 Å². The van der Waals surface area contributed by atoms with Crippen molar-refractivity contribution in [2.24, 2.45) is 17.8 Å². The summed E-state index contributed by atoms with van der Waals surface area (Å²) < 4.78 is 34.0. The molecule has 4 rings (SSSR count). The van der Waals surface area contributed by atoms with Crippen LogP contribution in [0.2, 0.25) is 0 Å². The van der Waals surface area contributed by atoms with Crippen LogP contribution in [0.4, 0.5) is 8.78 Å². The molecule has 0 aliphatic heterocycles. The molecule has 0 amide bonds. The van der Waals surface area contributed by atoms with Gasteiger partial charge in [0.05, 0.1) is 7.11 Å². The van der Waals surface area contributed by atoms with Gasteiger partial charge in [-0.25, -0.2) is 8.78 Å². The lowest BCUT2D eigenvalue weighted by Crippen LogP contribution is -2.30. The number of fused-ring (bicyclic) bond motifs is 1. The summed E-state index contributed by atoms with van der Waals surface area (Å²) in [6.45, 7) is 2.28. The molecule has 2 aliphatic carbocycles. The van der Waals surface area contributed by atoms with Crippen LogP contribution in [0.5, 0.6) is 5.75 Å². The first-order valence-electron chi connectivity index (χ1n) is 12.2. The Morgan fingerprint density at radius 3 is 2.42 bits per heavy atom. The Morgan fingerprint density at radius 1 is 0.871 bits per heavy atom. The van der Waals surface area contributed by atoms with Crippen molar-refractivity contribution in [3.05, 3.63) is 53.6 Å². The number of hydrogen-bond donors (Lipinski definition) is 0. The summed E-state index contributed by atoms with van der Waals surface area (Å²) >= 11 is 0. The number of hydrogen-bond acceptors (Lipinski definition) is 1. The van der Waals surface area contributed by atoms with Crippen molar-refractivity contribution in [1.82, 2.24) is 0 Å². The van der Waals surface area contributed by atoms with Crippen molar-refractivity contribution >= 4 is 0 Å². The van der Waals surface area contributed by atoms with Crippen molar-refractivity contribution in [1.29, 1.82) is 0 Å². The van der Waals surface area contributed by atoms with Gasteiger partial charge >= 0.3 is 0 Å². The quantitative estimate of drug-likeness (QED) is 0.403. The molecule has 2 aliphatic rings. The average molecular weight is 427 g/mol. The third kappa shape index (κ3) is 5.13. The maximum absolute atomic E-state index is 15.0. The summed E-state index contributed by atoms with van der Waals surface area (Å²) in [6, 6.07) is 10.2. The summed E-state index contributed by atoms with van der Waals surface area (Å²) in [5, 5.41) is 0. The highest BCUT2D eigenvalue weighted by molar-refractivity contribution is 5.65. The summed E-state index contributed by atoms with van der Waals surface area (Å²) in [6.07, 6.45) is 13.3. The molecule has 3 heteroatoms. The number of benzene rings is 2. The van der Waals surface area contributed by atoms with Gasteiger partial charge in [-0.1, -0.05) is 57.2 Å².